The van der Waals surface area contributed by atoms with Crippen LogP contribution in [0.2, 0.25) is 0 Å². The SMILES string of the molecule is Cc1cc(C)c2[nH]c(=O)c([C@H](c3nnnn3C3CCCC3)[NH+]3CCOCC3)cc2c1. The third kappa shape index (κ3) is 3.44. The van der Waals surface area contributed by atoms with Gasteiger partial charge in [-0.05, 0) is 60.2 Å². The van der Waals surface area contributed by atoms with Gasteiger partial charge in [0.25, 0.3) is 5.56 Å². The number of nitrogens with zero attached hydrogens (tertiary/aromatic N) is 4. The number of tetrazole rings is 1. The van der Waals surface area contributed by atoms with Crippen LogP contribution in [0.5, 0.6) is 0 Å². The van der Waals surface area contributed by atoms with Crippen LogP contribution in [0, 0.1) is 13.8 Å². The van der Waals surface area contributed by atoms with Gasteiger partial charge < -0.3 is 14.6 Å². The van der Waals surface area contributed by atoms with Crippen LogP contribution < -0.4 is 10.5 Å². The van der Waals surface area contributed by atoms with Crippen LogP contribution in [0.15, 0.2) is 23.0 Å². The molecule has 3 heterocycles. The summed E-state index contributed by atoms with van der Waals surface area (Å²) in [6.45, 7) is 7.14. The summed E-state index contributed by atoms with van der Waals surface area (Å²) in [5, 5.41) is 13.9. The van der Waals surface area contributed by atoms with Crippen molar-refractivity contribution in [1.29, 1.82) is 0 Å². The average molecular weight is 410 g/mol. The number of hydrogen-bond acceptors (Lipinski definition) is 5. The highest BCUT2D eigenvalue weighted by Crippen LogP contribution is 2.31. The first-order valence-corrected chi connectivity index (χ1v) is 11.0. The number of hydrogen-bond donors (Lipinski definition) is 2. The average Bonchev–Trinajstić information content (AvgIpc) is 3.42. The van der Waals surface area contributed by atoms with Crippen molar-refractivity contribution < 1.29 is 9.64 Å². The number of fused-ring (bicyclic) bond motifs is 1. The van der Waals surface area contributed by atoms with Crippen LogP contribution in [0.3, 0.4) is 0 Å². The fourth-order valence-corrected chi connectivity index (χ4v) is 5.18. The van der Waals surface area contributed by atoms with Gasteiger partial charge in [-0.1, -0.05) is 24.5 Å². The Morgan fingerprint density at radius 1 is 1.17 bits per heavy atom. The van der Waals surface area contributed by atoms with Gasteiger partial charge in [-0.25, -0.2) is 4.68 Å². The predicted molar refractivity (Wildman–Crippen MR) is 113 cm³/mol. The highest BCUT2D eigenvalue weighted by atomic mass is 16.5. The molecule has 3 aromatic rings. The number of ether oxygens (including phenoxy) is 1. The van der Waals surface area contributed by atoms with Gasteiger partial charge in [0.1, 0.15) is 13.1 Å². The predicted octanol–water partition coefficient (Wildman–Crippen LogP) is 1.25. The minimum Gasteiger partial charge on any atom is -0.370 e. The van der Waals surface area contributed by atoms with E-state index in [0.29, 0.717) is 19.3 Å². The molecule has 2 aromatic heterocycles. The lowest BCUT2D eigenvalue weighted by Gasteiger charge is -2.31. The van der Waals surface area contributed by atoms with E-state index < -0.39 is 0 Å². The number of nitrogens with one attached hydrogen (secondary N) is 2. The molecular weight excluding hydrogens is 380 g/mol. The molecule has 1 aliphatic carbocycles. The van der Waals surface area contributed by atoms with E-state index in [9.17, 15) is 4.79 Å². The first-order chi connectivity index (χ1) is 14.6. The van der Waals surface area contributed by atoms with Crippen LogP contribution in [0.1, 0.15) is 60.3 Å². The van der Waals surface area contributed by atoms with Crippen molar-refractivity contribution >= 4 is 10.9 Å². The first-order valence-electron chi connectivity index (χ1n) is 11.0. The van der Waals surface area contributed by atoms with Crippen LogP contribution in [-0.4, -0.2) is 51.5 Å². The Kier molecular flexibility index (Phi) is 5.12. The summed E-state index contributed by atoms with van der Waals surface area (Å²) >= 11 is 0. The lowest BCUT2D eigenvalue weighted by atomic mass is 10.00. The Morgan fingerprint density at radius 3 is 2.70 bits per heavy atom. The molecule has 5 rings (SSSR count). The fraction of sp³-hybridized carbons (Fsp3) is 0.545. The van der Waals surface area contributed by atoms with Crippen molar-refractivity contribution in [1.82, 2.24) is 25.2 Å². The molecule has 2 N–H and O–H groups in total. The van der Waals surface area contributed by atoms with Crippen LogP contribution >= 0.6 is 0 Å². The summed E-state index contributed by atoms with van der Waals surface area (Å²) in [4.78, 5) is 17.7. The first kappa shape index (κ1) is 19.4. The van der Waals surface area contributed by atoms with Crippen LogP contribution in [-0.2, 0) is 4.74 Å². The van der Waals surface area contributed by atoms with E-state index in [-0.39, 0.29) is 11.6 Å². The highest BCUT2D eigenvalue weighted by Gasteiger charge is 2.37. The number of aryl methyl sites for hydroxylation is 2. The topological polar surface area (TPSA) is 90.1 Å². The Bertz CT molecular complexity index is 1110. The molecule has 158 valence electrons. The summed E-state index contributed by atoms with van der Waals surface area (Å²) in [5.74, 6) is 0.799. The van der Waals surface area contributed by atoms with E-state index in [2.05, 4.69) is 45.6 Å². The maximum absolute atomic E-state index is 13.3. The van der Waals surface area contributed by atoms with Crippen molar-refractivity contribution in [2.45, 2.75) is 51.6 Å². The van der Waals surface area contributed by atoms with Crippen LogP contribution in [0.25, 0.3) is 10.9 Å². The van der Waals surface area contributed by atoms with E-state index in [1.807, 2.05) is 11.6 Å². The second-order valence-electron chi connectivity index (χ2n) is 8.72. The summed E-state index contributed by atoms with van der Waals surface area (Å²) in [7, 11) is 0. The smallest absolute Gasteiger partial charge is 0.258 e. The number of aromatic nitrogens is 5. The molecule has 8 nitrogen and oxygen atoms in total. The summed E-state index contributed by atoms with van der Waals surface area (Å²) in [5.41, 5.74) is 3.85. The van der Waals surface area contributed by atoms with Crippen molar-refractivity contribution in [3.8, 4) is 0 Å². The third-order valence-corrected chi connectivity index (χ3v) is 6.62. The minimum absolute atomic E-state index is 0.0561. The largest absolute Gasteiger partial charge is 0.370 e. The highest BCUT2D eigenvalue weighted by molar-refractivity contribution is 5.83. The molecular formula is C22H29N6O2+. The van der Waals surface area contributed by atoms with Crippen molar-refractivity contribution in [3.05, 3.63) is 51.1 Å². The standard InChI is InChI=1S/C22H28N6O2/c1-14-11-15(2)19-16(12-14)13-18(22(29)23-19)20(27-7-9-30-10-8-27)21-24-25-26-28(21)17-5-3-4-6-17/h11-13,17,20H,3-10H2,1-2H3,(H,23,29)/p+1/t20-/m1/s1. The molecule has 1 atom stereocenters. The maximum atomic E-state index is 13.3. The molecule has 2 fully saturated rings. The maximum Gasteiger partial charge on any atom is 0.258 e. The van der Waals surface area contributed by atoms with Crippen molar-refractivity contribution in [2.24, 2.45) is 0 Å². The van der Waals surface area contributed by atoms with E-state index in [1.165, 1.54) is 23.3 Å². The van der Waals surface area contributed by atoms with Crippen LogP contribution in [0.4, 0.5) is 0 Å². The van der Waals surface area contributed by atoms with E-state index >= 15 is 0 Å². The van der Waals surface area contributed by atoms with Gasteiger partial charge in [-0.15, -0.1) is 5.10 Å². The fourth-order valence-electron chi connectivity index (χ4n) is 5.18. The van der Waals surface area contributed by atoms with Gasteiger partial charge in [0.05, 0.1) is 30.3 Å². The van der Waals surface area contributed by atoms with Gasteiger partial charge in [0, 0.05) is 0 Å². The number of quaternary nitrogens is 1. The van der Waals surface area contributed by atoms with Gasteiger partial charge in [0.15, 0.2) is 6.04 Å². The Balaban J connectivity index is 1.67. The number of morpholine rings is 1. The lowest BCUT2D eigenvalue weighted by Crippen LogP contribution is -3.14. The number of benzene rings is 1. The molecule has 0 spiro atoms. The van der Waals surface area contributed by atoms with E-state index in [4.69, 9.17) is 4.74 Å². The Labute approximate surface area is 175 Å². The summed E-state index contributed by atoms with van der Waals surface area (Å²) in [6, 6.07) is 6.39. The zero-order valence-electron chi connectivity index (χ0n) is 17.6. The Morgan fingerprint density at radius 2 is 1.93 bits per heavy atom. The molecule has 1 aromatic carbocycles. The second-order valence-corrected chi connectivity index (χ2v) is 8.72. The quantitative estimate of drug-likeness (QED) is 0.677. The molecule has 0 unspecified atom stereocenters. The van der Waals surface area contributed by atoms with Crippen molar-refractivity contribution in [2.75, 3.05) is 26.3 Å². The Hall–Kier alpha value is -2.58. The molecule has 30 heavy (non-hydrogen) atoms. The summed E-state index contributed by atoms with van der Waals surface area (Å²) < 4.78 is 7.59. The third-order valence-electron chi connectivity index (χ3n) is 6.62. The normalized spacial score (nSPS) is 19.5. The summed E-state index contributed by atoms with van der Waals surface area (Å²) in [6.07, 6.45) is 4.59. The molecule has 0 amide bonds. The molecule has 1 aliphatic heterocycles. The number of rotatable bonds is 4. The number of aromatic amines is 1. The lowest BCUT2D eigenvalue weighted by molar-refractivity contribution is -0.933. The molecule has 0 radical (unpaired) electrons. The molecule has 1 saturated heterocycles. The molecule has 2 aliphatic rings. The van der Waals surface area contributed by atoms with Gasteiger partial charge >= 0.3 is 0 Å². The monoisotopic (exact) mass is 409 g/mol. The zero-order valence-corrected chi connectivity index (χ0v) is 17.6. The zero-order chi connectivity index (χ0) is 20.7. The minimum atomic E-state index is -0.210. The van der Waals surface area contributed by atoms with E-state index in [1.54, 1.807) is 0 Å². The second kappa shape index (κ2) is 7.92. The molecule has 0 bridgehead atoms. The number of H-pyrrole nitrogens is 1. The molecule has 8 heteroatoms. The molecule has 1 saturated carbocycles. The number of pyridine rings is 1. The van der Waals surface area contributed by atoms with Crippen molar-refractivity contribution in [3.63, 3.8) is 0 Å². The van der Waals surface area contributed by atoms with Gasteiger partial charge in [0.2, 0.25) is 5.82 Å². The van der Waals surface area contributed by atoms with Gasteiger partial charge in [-0.3, -0.25) is 4.79 Å². The van der Waals surface area contributed by atoms with E-state index in [0.717, 1.165) is 53.8 Å². The van der Waals surface area contributed by atoms with Gasteiger partial charge in [-0.2, -0.15) is 0 Å².